The molecule has 0 aliphatic carbocycles. The number of hydrogen-bond acceptors (Lipinski definition) is 2. The van der Waals surface area contributed by atoms with Gasteiger partial charge in [0.05, 0.1) is 11.7 Å². The predicted octanol–water partition coefficient (Wildman–Crippen LogP) is 0.425. The molecular weight excluding hydrogens is 171 g/mol. The fourth-order valence-electron chi connectivity index (χ4n) is 0.520. The summed E-state index contributed by atoms with van der Waals surface area (Å²) in [5.74, 6) is -1.66. The molecule has 1 N–H and O–H groups in total. The van der Waals surface area contributed by atoms with Crippen molar-refractivity contribution in [1.29, 1.82) is 0 Å². The van der Waals surface area contributed by atoms with E-state index in [2.05, 4.69) is 0 Å². The molecule has 0 saturated carbocycles. The maximum atomic E-state index is 11.6. The highest BCUT2D eigenvalue weighted by Gasteiger charge is 2.13. The summed E-state index contributed by atoms with van der Waals surface area (Å²) in [6.07, 6.45) is 0. The van der Waals surface area contributed by atoms with Gasteiger partial charge in [-0.25, -0.2) is 0 Å². The van der Waals surface area contributed by atoms with Crippen LogP contribution in [-0.4, -0.2) is 33.5 Å². The SMILES string of the molecule is CC(CS(=O)CCF)C(=O)O. The standard InChI is InChI=1S/C6H11FO3S/c1-5(6(8)9)4-11(10)3-2-7/h5H,2-4H2,1H3,(H,8,9). The molecule has 2 unspecified atom stereocenters. The zero-order valence-electron chi connectivity index (χ0n) is 6.25. The highest BCUT2D eigenvalue weighted by molar-refractivity contribution is 7.85. The number of hydrogen-bond donors (Lipinski definition) is 1. The van der Waals surface area contributed by atoms with E-state index in [1.165, 1.54) is 6.92 Å². The summed E-state index contributed by atoms with van der Waals surface area (Å²) in [4.78, 5) is 10.2. The third-order valence-electron chi connectivity index (χ3n) is 1.16. The fraction of sp³-hybridized carbons (Fsp3) is 0.833. The number of aliphatic carboxylic acids is 1. The van der Waals surface area contributed by atoms with Crippen LogP contribution in [0.3, 0.4) is 0 Å². The lowest BCUT2D eigenvalue weighted by atomic mass is 10.2. The number of carboxylic acids is 1. The summed E-state index contributed by atoms with van der Waals surface area (Å²) in [7, 11) is -1.33. The average Bonchev–Trinajstić information content (AvgIpc) is 1.87. The minimum Gasteiger partial charge on any atom is -0.481 e. The lowest BCUT2D eigenvalue weighted by Gasteiger charge is -2.03. The Morgan fingerprint density at radius 2 is 2.27 bits per heavy atom. The Kier molecular flexibility index (Phi) is 5.02. The summed E-state index contributed by atoms with van der Waals surface area (Å²) in [6, 6.07) is 0. The van der Waals surface area contributed by atoms with Gasteiger partial charge in [-0.3, -0.25) is 13.4 Å². The molecule has 0 spiro atoms. The Morgan fingerprint density at radius 1 is 1.73 bits per heavy atom. The van der Waals surface area contributed by atoms with Gasteiger partial charge >= 0.3 is 5.97 Å². The van der Waals surface area contributed by atoms with Crippen molar-refractivity contribution in [2.45, 2.75) is 6.92 Å². The molecule has 0 aromatic carbocycles. The Morgan fingerprint density at radius 3 is 2.64 bits per heavy atom. The fourth-order valence-corrected chi connectivity index (χ4v) is 1.56. The van der Waals surface area contributed by atoms with Crippen molar-refractivity contribution in [3.63, 3.8) is 0 Å². The van der Waals surface area contributed by atoms with Crippen LogP contribution in [0, 0.1) is 5.92 Å². The van der Waals surface area contributed by atoms with Crippen LogP contribution in [-0.2, 0) is 15.6 Å². The first-order chi connectivity index (χ1) is 5.07. The summed E-state index contributed by atoms with van der Waals surface area (Å²) >= 11 is 0. The number of alkyl halides is 1. The third-order valence-corrected chi connectivity index (χ3v) is 2.64. The Labute approximate surface area is 67.1 Å². The highest BCUT2D eigenvalue weighted by atomic mass is 32.2. The van der Waals surface area contributed by atoms with Crippen LogP contribution in [0.2, 0.25) is 0 Å². The van der Waals surface area contributed by atoms with Crippen LogP contribution in [0.25, 0.3) is 0 Å². The molecule has 0 aromatic heterocycles. The van der Waals surface area contributed by atoms with Gasteiger partial charge in [-0.15, -0.1) is 0 Å². The molecule has 0 aliphatic heterocycles. The largest absolute Gasteiger partial charge is 0.481 e. The van der Waals surface area contributed by atoms with Crippen LogP contribution >= 0.6 is 0 Å². The molecule has 0 saturated heterocycles. The van der Waals surface area contributed by atoms with Gasteiger partial charge in [0.25, 0.3) is 0 Å². The van der Waals surface area contributed by atoms with Crippen LogP contribution in [0.4, 0.5) is 4.39 Å². The molecular formula is C6H11FO3S. The van der Waals surface area contributed by atoms with Crippen molar-refractivity contribution in [2.24, 2.45) is 5.92 Å². The molecule has 0 bridgehead atoms. The second-order valence-electron chi connectivity index (χ2n) is 2.24. The van der Waals surface area contributed by atoms with Gasteiger partial charge in [0.1, 0.15) is 6.67 Å². The second-order valence-corrected chi connectivity index (χ2v) is 3.86. The first kappa shape index (κ1) is 10.6. The summed E-state index contributed by atoms with van der Waals surface area (Å²) in [5.41, 5.74) is 0. The maximum absolute atomic E-state index is 11.6. The van der Waals surface area contributed by atoms with E-state index in [9.17, 15) is 13.4 Å². The predicted molar refractivity (Wildman–Crippen MR) is 40.7 cm³/mol. The van der Waals surface area contributed by atoms with E-state index in [0.717, 1.165) is 0 Å². The first-order valence-electron chi connectivity index (χ1n) is 3.21. The number of carbonyl (C=O) groups is 1. The second kappa shape index (κ2) is 5.23. The van der Waals surface area contributed by atoms with Gasteiger partial charge in [0.15, 0.2) is 0 Å². The van der Waals surface area contributed by atoms with E-state index in [1.807, 2.05) is 0 Å². The van der Waals surface area contributed by atoms with Crippen molar-refractivity contribution in [2.75, 3.05) is 18.2 Å². The summed E-state index contributed by atoms with van der Waals surface area (Å²) in [5, 5.41) is 8.37. The van der Waals surface area contributed by atoms with Crippen molar-refractivity contribution >= 4 is 16.8 Å². The molecule has 11 heavy (non-hydrogen) atoms. The van der Waals surface area contributed by atoms with Crippen molar-refractivity contribution in [3.8, 4) is 0 Å². The van der Waals surface area contributed by atoms with E-state index in [-0.39, 0.29) is 11.5 Å². The van der Waals surface area contributed by atoms with Crippen molar-refractivity contribution in [1.82, 2.24) is 0 Å². The van der Waals surface area contributed by atoms with Gasteiger partial charge in [-0.2, -0.15) is 0 Å². The number of carboxylic acid groups (broad SMARTS) is 1. The van der Waals surface area contributed by atoms with E-state index in [0.29, 0.717) is 0 Å². The lowest BCUT2D eigenvalue weighted by Crippen LogP contribution is -2.19. The third kappa shape index (κ3) is 4.89. The Hall–Kier alpha value is -0.450. The molecule has 5 heteroatoms. The molecule has 0 aliphatic rings. The zero-order valence-corrected chi connectivity index (χ0v) is 7.07. The molecule has 0 radical (unpaired) electrons. The van der Waals surface area contributed by atoms with Crippen LogP contribution < -0.4 is 0 Å². The topological polar surface area (TPSA) is 54.4 Å². The highest BCUT2D eigenvalue weighted by Crippen LogP contribution is 1.98. The molecule has 0 aromatic rings. The van der Waals surface area contributed by atoms with E-state index in [4.69, 9.17) is 5.11 Å². The number of halogens is 1. The molecule has 3 nitrogen and oxygen atoms in total. The molecule has 0 amide bonds. The van der Waals surface area contributed by atoms with Crippen LogP contribution in [0.1, 0.15) is 6.92 Å². The summed E-state index contributed by atoms with van der Waals surface area (Å²) in [6.45, 7) is 0.803. The van der Waals surface area contributed by atoms with Crippen molar-refractivity contribution < 1.29 is 18.5 Å². The van der Waals surface area contributed by atoms with Gasteiger partial charge in [0, 0.05) is 16.6 Å². The van der Waals surface area contributed by atoms with E-state index < -0.39 is 29.4 Å². The average molecular weight is 182 g/mol. The Balaban J connectivity index is 3.66. The van der Waals surface area contributed by atoms with Crippen LogP contribution in [0.15, 0.2) is 0 Å². The minimum absolute atomic E-state index is 0.0409. The molecule has 0 heterocycles. The first-order valence-corrected chi connectivity index (χ1v) is 4.70. The van der Waals surface area contributed by atoms with Gasteiger partial charge < -0.3 is 5.11 Å². The molecule has 66 valence electrons. The van der Waals surface area contributed by atoms with E-state index >= 15 is 0 Å². The smallest absolute Gasteiger partial charge is 0.307 e. The molecule has 0 rings (SSSR count). The minimum atomic E-state index is -1.33. The summed E-state index contributed by atoms with van der Waals surface area (Å²) < 4.78 is 22.3. The van der Waals surface area contributed by atoms with Crippen molar-refractivity contribution in [3.05, 3.63) is 0 Å². The lowest BCUT2D eigenvalue weighted by molar-refractivity contribution is -0.140. The molecule has 0 fully saturated rings. The van der Waals surface area contributed by atoms with Gasteiger partial charge in [-0.05, 0) is 0 Å². The Bertz CT molecular complexity index is 160. The quantitative estimate of drug-likeness (QED) is 0.670. The normalized spacial score (nSPS) is 15.8. The number of rotatable bonds is 5. The van der Waals surface area contributed by atoms with Gasteiger partial charge in [0.2, 0.25) is 0 Å². The van der Waals surface area contributed by atoms with E-state index in [1.54, 1.807) is 0 Å². The van der Waals surface area contributed by atoms with Gasteiger partial charge in [-0.1, -0.05) is 6.92 Å². The molecule has 2 atom stereocenters. The maximum Gasteiger partial charge on any atom is 0.307 e. The monoisotopic (exact) mass is 182 g/mol. The zero-order chi connectivity index (χ0) is 8.85. The van der Waals surface area contributed by atoms with Crippen LogP contribution in [0.5, 0.6) is 0 Å².